The van der Waals surface area contributed by atoms with Crippen LogP contribution in [0, 0.1) is 0 Å². The van der Waals surface area contributed by atoms with Crippen LogP contribution >= 0.6 is 0 Å². The Bertz CT molecular complexity index is 807. The lowest BCUT2D eigenvalue weighted by Crippen LogP contribution is -2.34. The number of rotatable bonds is 8. The van der Waals surface area contributed by atoms with E-state index in [0.29, 0.717) is 36.8 Å². The number of hydrogen-bond donors (Lipinski definition) is 1. The fourth-order valence-corrected chi connectivity index (χ4v) is 2.83. The maximum Gasteiger partial charge on any atom is 0.410 e. The molecular formula is C20H31N5O4. The van der Waals surface area contributed by atoms with Crippen molar-refractivity contribution in [3.8, 4) is 17.2 Å². The molecule has 9 nitrogen and oxygen atoms in total. The van der Waals surface area contributed by atoms with E-state index in [1.807, 2.05) is 43.5 Å². The molecular weight excluding hydrogens is 374 g/mol. The van der Waals surface area contributed by atoms with Crippen LogP contribution in [-0.2, 0) is 11.2 Å². The average Bonchev–Trinajstić information content (AvgIpc) is 3.08. The highest BCUT2D eigenvalue weighted by molar-refractivity contribution is 5.67. The Hall–Kier alpha value is -2.97. The van der Waals surface area contributed by atoms with Crippen LogP contribution in [0.2, 0.25) is 0 Å². The first kappa shape index (κ1) is 22.3. The normalized spacial score (nSPS) is 11.1. The monoisotopic (exact) mass is 405 g/mol. The molecule has 160 valence electrons. The van der Waals surface area contributed by atoms with E-state index < -0.39 is 5.60 Å². The van der Waals surface area contributed by atoms with Crippen LogP contribution in [0.4, 0.5) is 10.7 Å². The molecule has 0 aliphatic carbocycles. The Balaban J connectivity index is 2.21. The minimum Gasteiger partial charge on any atom is -0.494 e. The summed E-state index contributed by atoms with van der Waals surface area (Å²) >= 11 is 0. The molecule has 0 saturated heterocycles. The molecule has 1 heterocycles. The van der Waals surface area contributed by atoms with Gasteiger partial charge in [-0.1, -0.05) is 6.07 Å². The van der Waals surface area contributed by atoms with E-state index in [-0.39, 0.29) is 6.09 Å². The van der Waals surface area contributed by atoms with Gasteiger partial charge in [-0.2, -0.15) is 0 Å². The zero-order chi connectivity index (χ0) is 21.6. The van der Waals surface area contributed by atoms with Gasteiger partial charge in [-0.25, -0.2) is 4.79 Å². The van der Waals surface area contributed by atoms with Crippen molar-refractivity contribution < 1.29 is 19.0 Å². The van der Waals surface area contributed by atoms with Crippen LogP contribution in [0.15, 0.2) is 18.2 Å². The number of carbonyl (C=O) groups excluding carboxylic acids is 1. The number of para-hydroxylation sites is 1. The van der Waals surface area contributed by atoms with Crippen molar-refractivity contribution in [2.24, 2.45) is 0 Å². The van der Waals surface area contributed by atoms with Crippen molar-refractivity contribution in [2.45, 2.75) is 39.2 Å². The van der Waals surface area contributed by atoms with Crippen molar-refractivity contribution >= 4 is 12.0 Å². The number of amides is 1. The number of benzene rings is 1. The Morgan fingerprint density at radius 1 is 1.17 bits per heavy atom. The second-order valence-corrected chi connectivity index (χ2v) is 7.54. The second kappa shape index (κ2) is 9.49. The molecule has 0 fully saturated rings. The Morgan fingerprint density at radius 3 is 2.31 bits per heavy atom. The van der Waals surface area contributed by atoms with Gasteiger partial charge in [0.1, 0.15) is 28.6 Å². The van der Waals surface area contributed by atoms with E-state index in [2.05, 4.69) is 15.5 Å². The summed E-state index contributed by atoms with van der Waals surface area (Å²) in [5.41, 5.74) is 0.204. The number of carbonyl (C=O) groups is 1. The predicted molar refractivity (Wildman–Crippen MR) is 111 cm³/mol. The van der Waals surface area contributed by atoms with Gasteiger partial charge < -0.3 is 24.4 Å². The van der Waals surface area contributed by atoms with Crippen molar-refractivity contribution in [2.75, 3.05) is 40.2 Å². The molecule has 0 aliphatic rings. The number of nitrogens with one attached hydrogen (secondary N) is 1. The molecule has 2 aromatic rings. The lowest BCUT2D eigenvalue weighted by atomic mass is 10.2. The van der Waals surface area contributed by atoms with Crippen LogP contribution < -0.4 is 14.8 Å². The summed E-state index contributed by atoms with van der Waals surface area (Å²) < 4.78 is 18.3. The first-order valence-electron chi connectivity index (χ1n) is 9.49. The number of ether oxygens (including phenoxy) is 3. The summed E-state index contributed by atoms with van der Waals surface area (Å²) in [7, 11) is 6.72. The van der Waals surface area contributed by atoms with Crippen LogP contribution in [0.5, 0.6) is 11.5 Å². The van der Waals surface area contributed by atoms with Crippen molar-refractivity contribution in [3.63, 3.8) is 0 Å². The van der Waals surface area contributed by atoms with Crippen molar-refractivity contribution in [3.05, 3.63) is 24.0 Å². The quantitative estimate of drug-likeness (QED) is 0.721. The van der Waals surface area contributed by atoms with Gasteiger partial charge in [-0.15, -0.1) is 10.2 Å². The average molecular weight is 405 g/mol. The molecule has 29 heavy (non-hydrogen) atoms. The molecule has 0 radical (unpaired) electrons. The molecule has 1 amide bonds. The summed E-state index contributed by atoms with van der Waals surface area (Å²) in [4.78, 5) is 13.7. The molecule has 0 spiro atoms. The van der Waals surface area contributed by atoms with Gasteiger partial charge in [-0.05, 0) is 39.3 Å². The van der Waals surface area contributed by atoms with E-state index in [0.717, 1.165) is 11.5 Å². The Morgan fingerprint density at radius 2 is 1.79 bits per heavy atom. The third-order valence-electron chi connectivity index (χ3n) is 4.18. The van der Waals surface area contributed by atoms with E-state index in [1.165, 1.54) is 0 Å². The highest BCUT2D eigenvalue weighted by Crippen LogP contribution is 2.35. The van der Waals surface area contributed by atoms with Crippen LogP contribution in [0.3, 0.4) is 0 Å². The molecule has 1 aromatic carbocycles. The summed E-state index contributed by atoms with van der Waals surface area (Å²) in [6.07, 6.45) is 0.944. The SMILES string of the molecule is CNc1nnc(CCCN(C)C(=O)OC(C)(C)C)n1-c1c(OC)cccc1OC. The summed E-state index contributed by atoms with van der Waals surface area (Å²) in [6, 6.07) is 5.58. The Labute approximate surface area is 172 Å². The minimum absolute atomic E-state index is 0.346. The third kappa shape index (κ3) is 5.52. The third-order valence-corrected chi connectivity index (χ3v) is 4.18. The zero-order valence-electron chi connectivity index (χ0n) is 18.3. The highest BCUT2D eigenvalue weighted by atomic mass is 16.6. The van der Waals surface area contributed by atoms with Crippen molar-refractivity contribution in [1.29, 1.82) is 0 Å². The fourth-order valence-electron chi connectivity index (χ4n) is 2.83. The molecule has 1 N–H and O–H groups in total. The maximum absolute atomic E-state index is 12.1. The lowest BCUT2D eigenvalue weighted by Gasteiger charge is -2.24. The minimum atomic E-state index is -0.520. The Kier molecular flexibility index (Phi) is 7.30. The molecule has 2 rings (SSSR count). The molecule has 0 atom stereocenters. The number of aryl methyl sites for hydroxylation is 1. The topological polar surface area (TPSA) is 90.7 Å². The lowest BCUT2D eigenvalue weighted by molar-refractivity contribution is 0.0297. The number of nitrogens with zero attached hydrogens (tertiary/aromatic N) is 4. The van der Waals surface area contributed by atoms with Crippen molar-refractivity contribution in [1.82, 2.24) is 19.7 Å². The smallest absolute Gasteiger partial charge is 0.410 e. The maximum atomic E-state index is 12.1. The van der Waals surface area contributed by atoms with E-state index in [4.69, 9.17) is 14.2 Å². The predicted octanol–water partition coefficient (Wildman–Crippen LogP) is 3.13. The van der Waals surface area contributed by atoms with Crippen LogP contribution in [-0.4, -0.2) is 66.2 Å². The number of methoxy groups -OCH3 is 2. The van der Waals surface area contributed by atoms with Crippen LogP contribution in [0.25, 0.3) is 5.69 Å². The van der Waals surface area contributed by atoms with E-state index >= 15 is 0 Å². The van der Waals surface area contributed by atoms with Gasteiger partial charge >= 0.3 is 6.09 Å². The first-order chi connectivity index (χ1) is 13.7. The van der Waals surface area contributed by atoms with Gasteiger partial charge in [0.2, 0.25) is 5.95 Å². The van der Waals surface area contributed by atoms with Gasteiger partial charge in [-0.3, -0.25) is 4.57 Å². The standard InChI is InChI=1S/C20H31N5O4/c1-20(2,3)29-19(26)24(5)13-9-12-16-22-23-18(21-4)25(16)17-14(27-6)10-8-11-15(17)28-7/h8,10-11H,9,12-13H2,1-7H3,(H,21,23). The molecule has 0 unspecified atom stereocenters. The fraction of sp³-hybridized carbons (Fsp3) is 0.550. The molecule has 9 heteroatoms. The molecule has 0 bridgehead atoms. The van der Waals surface area contributed by atoms with E-state index in [1.54, 1.807) is 33.2 Å². The molecule has 0 saturated carbocycles. The molecule has 0 aliphatic heterocycles. The number of hydrogen-bond acceptors (Lipinski definition) is 7. The number of aromatic nitrogens is 3. The summed E-state index contributed by atoms with van der Waals surface area (Å²) in [5.74, 6) is 2.60. The van der Waals surface area contributed by atoms with Gasteiger partial charge in [0, 0.05) is 27.1 Å². The van der Waals surface area contributed by atoms with Gasteiger partial charge in [0.25, 0.3) is 0 Å². The highest BCUT2D eigenvalue weighted by Gasteiger charge is 2.22. The van der Waals surface area contributed by atoms with Gasteiger partial charge in [0.05, 0.1) is 14.2 Å². The van der Waals surface area contributed by atoms with E-state index in [9.17, 15) is 4.79 Å². The first-order valence-corrected chi connectivity index (χ1v) is 9.49. The summed E-state index contributed by atoms with van der Waals surface area (Å²) in [5, 5.41) is 11.6. The molecule has 1 aromatic heterocycles. The second-order valence-electron chi connectivity index (χ2n) is 7.54. The zero-order valence-corrected chi connectivity index (χ0v) is 18.3. The largest absolute Gasteiger partial charge is 0.494 e. The van der Waals surface area contributed by atoms with Crippen LogP contribution in [0.1, 0.15) is 33.0 Å². The number of anilines is 1. The van der Waals surface area contributed by atoms with Gasteiger partial charge in [0.15, 0.2) is 0 Å². The summed E-state index contributed by atoms with van der Waals surface area (Å²) in [6.45, 7) is 6.07.